The van der Waals surface area contributed by atoms with Crippen molar-refractivity contribution in [3.05, 3.63) is 64.9 Å². The molecule has 1 N–H and O–H groups in total. The molecule has 4 heteroatoms. The van der Waals surface area contributed by atoms with Gasteiger partial charge in [0.2, 0.25) is 0 Å². The van der Waals surface area contributed by atoms with Gasteiger partial charge in [-0.05, 0) is 63.6 Å². The third-order valence-corrected chi connectivity index (χ3v) is 3.86. The Morgan fingerprint density at radius 2 is 1.88 bits per heavy atom. The number of benzene rings is 1. The maximum Gasteiger partial charge on any atom is 0.118 e. The third-order valence-electron chi connectivity index (χ3n) is 3.60. The molecular weight excluding hydrogens is 334 g/mol. The second-order valence-corrected chi connectivity index (χ2v) is 6.12. The van der Waals surface area contributed by atoms with Crippen LogP contribution < -0.4 is 10.1 Å². The van der Waals surface area contributed by atoms with Crippen molar-refractivity contribution in [1.82, 2.24) is 5.32 Å². The fourth-order valence-electron chi connectivity index (χ4n) is 1.79. The average Bonchev–Trinajstić information content (AvgIpc) is 2.62. The summed E-state index contributed by atoms with van der Waals surface area (Å²) in [6, 6.07) is 8.03. The zero-order chi connectivity index (χ0) is 19.2. The number of rotatable bonds is 8. The van der Waals surface area contributed by atoms with E-state index >= 15 is 0 Å². The van der Waals surface area contributed by atoms with Crippen molar-refractivity contribution in [3.63, 3.8) is 0 Å². The molecule has 0 aliphatic carbocycles. The van der Waals surface area contributed by atoms with E-state index in [-0.39, 0.29) is 6.10 Å². The number of nitrogens with one attached hydrogen (secondary N) is 1. The van der Waals surface area contributed by atoms with Crippen molar-refractivity contribution in [2.75, 3.05) is 14.2 Å². The highest BCUT2D eigenvalue weighted by Gasteiger charge is 2.01. The fourth-order valence-corrected chi connectivity index (χ4v) is 1.96. The van der Waals surface area contributed by atoms with Crippen LogP contribution in [0.15, 0.2) is 59.4 Å². The van der Waals surface area contributed by atoms with Gasteiger partial charge in [-0.25, -0.2) is 0 Å². The Kier molecular flexibility index (Phi) is 12.6. The SMILES string of the molecule is C=C/C(Cl)=C\C(C)=C(/C)OC(C)CC.CNCc1ccc(OC)cc1. The van der Waals surface area contributed by atoms with Crippen LogP contribution in [-0.2, 0) is 11.3 Å². The van der Waals surface area contributed by atoms with E-state index < -0.39 is 0 Å². The van der Waals surface area contributed by atoms with Gasteiger partial charge in [0, 0.05) is 11.6 Å². The molecule has 0 fully saturated rings. The molecule has 0 heterocycles. The van der Waals surface area contributed by atoms with Crippen molar-refractivity contribution >= 4 is 11.6 Å². The lowest BCUT2D eigenvalue weighted by atomic mass is 10.2. The van der Waals surface area contributed by atoms with E-state index in [4.69, 9.17) is 21.1 Å². The summed E-state index contributed by atoms with van der Waals surface area (Å²) in [6.45, 7) is 12.6. The van der Waals surface area contributed by atoms with Crippen LogP contribution in [0.5, 0.6) is 5.75 Å². The predicted octanol–water partition coefficient (Wildman–Crippen LogP) is 5.82. The number of allylic oxidation sites excluding steroid dienone is 5. The Morgan fingerprint density at radius 3 is 2.32 bits per heavy atom. The van der Waals surface area contributed by atoms with Gasteiger partial charge < -0.3 is 14.8 Å². The summed E-state index contributed by atoms with van der Waals surface area (Å²) in [5.74, 6) is 1.82. The molecule has 1 rings (SSSR count). The molecule has 1 aromatic carbocycles. The zero-order valence-electron chi connectivity index (χ0n) is 16.4. The zero-order valence-corrected chi connectivity index (χ0v) is 17.1. The molecule has 0 bridgehead atoms. The summed E-state index contributed by atoms with van der Waals surface area (Å²) in [5.41, 5.74) is 2.31. The van der Waals surface area contributed by atoms with Crippen LogP contribution in [0, 0.1) is 0 Å². The number of methoxy groups -OCH3 is 1. The Morgan fingerprint density at radius 1 is 1.28 bits per heavy atom. The van der Waals surface area contributed by atoms with Crippen LogP contribution in [0.2, 0.25) is 0 Å². The Balaban J connectivity index is 0.000000472. The molecule has 0 saturated heterocycles. The van der Waals surface area contributed by atoms with Gasteiger partial charge in [0.25, 0.3) is 0 Å². The molecule has 1 unspecified atom stereocenters. The van der Waals surface area contributed by atoms with Crippen LogP contribution in [0.3, 0.4) is 0 Å². The van der Waals surface area contributed by atoms with Crippen LogP contribution in [-0.4, -0.2) is 20.3 Å². The maximum absolute atomic E-state index is 5.83. The number of hydrogen-bond donors (Lipinski definition) is 1. The van der Waals surface area contributed by atoms with Gasteiger partial charge in [0.15, 0.2) is 0 Å². The minimum absolute atomic E-state index is 0.251. The Hall–Kier alpha value is -1.71. The van der Waals surface area contributed by atoms with E-state index in [0.29, 0.717) is 5.03 Å². The normalized spacial score (nSPS) is 13.2. The Labute approximate surface area is 158 Å². The summed E-state index contributed by atoms with van der Waals surface area (Å²) >= 11 is 5.83. The molecular formula is C21H32ClNO2. The van der Waals surface area contributed by atoms with Crippen molar-refractivity contribution in [1.29, 1.82) is 0 Å². The topological polar surface area (TPSA) is 30.5 Å². The highest BCUT2D eigenvalue weighted by atomic mass is 35.5. The lowest BCUT2D eigenvalue weighted by Gasteiger charge is -2.14. The van der Waals surface area contributed by atoms with E-state index in [1.807, 2.05) is 39.1 Å². The predicted molar refractivity (Wildman–Crippen MR) is 109 cm³/mol. The largest absolute Gasteiger partial charge is 0.497 e. The molecule has 3 nitrogen and oxygen atoms in total. The van der Waals surface area contributed by atoms with Gasteiger partial charge in [-0.2, -0.15) is 0 Å². The molecule has 0 aliphatic heterocycles. The van der Waals surface area contributed by atoms with E-state index in [2.05, 4.69) is 37.9 Å². The minimum Gasteiger partial charge on any atom is -0.497 e. The second kappa shape index (κ2) is 13.6. The van der Waals surface area contributed by atoms with Gasteiger partial charge >= 0.3 is 0 Å². The summed E-state index contributed by atoms with van der Waals surface area (Å²) in [4.78, 5) is 0. The van der Waals surface area contributed by atoms with Gasteiger partial charge in [0.05, 0.1) is 19.0 Å². The first-order valence-corrected chi connectivity index (χ1v) is 8.86. The van der Waals surface area contributed by atoms with Crippen LogP contribution in [0.4, 0.5) is 0 Å². The van der Waals surface area contributed by atoms with Gasteiger partial charge in [-0.1, -0.05) is 43.3 Å². The Bertz CT molecular complexity index is 562. The third kappa shape index (κ3) is 10.7. The van der Waals surface area contributed by atoms with Crippen molar-refractivity contribution in [3.8, 4) is 5.75 Å². The molecule has 1 aromatic rings. The maximum atomic E-state index is 5.83. The first-order chi connectivity index (χ1) is 11.9. The molecule has 0 radical (unpaired) electrons. The van der Waals surface area contributed by atoms with Crippen LogP contribution in [0.25, 0.3) is 0 Å². The van der Waals surface area contributed by atoms with E-state index in [0.717, 1.165) is 30.0 Å². The summed E-state index contributed by atoms with van der Waals surface area (Å²) in [6.07, 6.45) is 4.72. The van der Waals surface area contributed by atoms with Gasteiger partial charge in [0.1, 0.15) is 5.75 Å². The average molecular weight is 366 g/mol. The van der Waals surface area contributed by atoms with Crippen molar-refractivity contribution in [2.45, 2.75) is 46.8 Å². The van der Waals surface area contributed by atoms with E-state index in [9.17, 15) is 0 Å². The lowest BCUT2D eigenvalue weighted by molar-refractivity contribution is 0.128. The molecule has 0 saturated carbocycles. The fraction of sp³-hybridized carbons (Fsp3) is 0.429. The molecule has 0 spiro atoms. The monoisotopic (exact) mass is 365 g/mol. The smallest absolute Gasteiger partial charge is 0.118 e. The van der Waals surface area contributed by atoms with E-state index in [1.54, 1.807) is 13.2 Å². The summed E-state index contributed by atoms with van der Waals surface area (Å²) < 4.78 is 10.7. The van der Waals surface area contributed by atoms with Crippen LogP contribution in [0.1, 0.15) is 39.7 Å². The van der Waals surface area contributed by atoms with E-state index in [1.165, 1.54) is 5.56 Å². The standard InChI is InChI=1S/C12H19ClO.C9H13NO/c1-6-10(4)14-11(5)9(3)8-12(13)7-2;1-10-7-8-3-5-9(11-2)6-4-8/h7-8,10H,2,6H2,1,3-5H3;3-6,10H,7H2,1-2H3/b11-9+,12-8+;. The lowest BCUT2D eigenvalue weighted by Crippen LogP contribution is -2.05. The first-order valence-electron chi connectivity index (χ1n) is 8.49. The number of halogens is 1. The molecule has 1 atom stereocenters. The summed E-state index contributed by atoms with van der Waals surface area (Å²) in [7, 11) is 3.61. The highest BCUT2D eigenvalue weighted by molar-refractivity contribution is 6.31. The van der Waals surface area contributed by atoms with Gasteiger partial charge in [-0.3, -0.25) is 0 Å². The quantitative estimate of drug-likeness (QED) is 0.465. The van der Waals surface area contributed by atoms with Gasteiger partial charge in [-0.15, -0.1) is 0 Å². The molecule has 0 aliphatic rings. The van der Waals surface area contributed by atoms with Crippen molar-refractivity contribution in [2.24, 2.45) is 0 Å². The molecule has 0 amide bonds. The number of hydrogen-bond acceptors (Lipinski definition) is 3. The number of ether oxygens (including phenoxy) is 2. The minimum atomic E-state index is 0.251. The second-order valence-electron chi connectivity index (χ2n) is 5.69. The van der Waals surface area contributed by atoms with Crippen molar-refractivity contribution < 1.29 is 9.47 Å². The molecule has 140 valence electrons. The first kappa shape index (κ1) is 23.3. The molecule has 0 aromatic heterocycles. The highest BCUT2D eigenvalue weighted by Crippen LogP contribution is 2.14. The van der Waals surface area contributed by atoms with Crippen LogP contribution >= 0.6 is 11.6 Å². The summed E-state index contributed by atoms with van der Waals surface area (Å²) in [5, 5.41) is 3.71. The molecule has 25 heavy (non-hydrogen) atoms.